The fraction of sp³-hybridized carbons (Fsp3) is 0.429. The molecule has 1 aromatic carbocycles. The van der Waals surface area contributed by atoms with Crippen molar-refractivity contribution in [1.82, 2.24) is 5.32 Å². The van der Waals surface area contributed by atoms with Crippen LogP contribution in [0.4, 0.5) is 10.5 Å². The molecule has 1 saturated heterocycles. The lowest BCUT2D eigenvalue weighted by molar-refractivity contribution is 0.0697. The largest absolute Gasteiger partial charge is 0.497 e. The number of carbonyl (C=O) groups excluding carboxylic acids is 1. The maximum atomic E-state index is 11.9. The number of hydrogen-bond donors (Lipinski definition) is 3. The molecule has 2 unspecified atom stereocenters. The van der Waals surface area contributed by atoms with Gasteiger partial charge in [0.15, 0.2) is 0 Å². The van der Waals surface area contributed by atoms with Gasteiger partial charge < -0.3 is 25.2 Å². The van der Waals surface area contributed by atoms with Gasteiger partial charge in [-0.25, -0.2) is 9.59 Å². The first-order valence-corrected chi connectivity index (χ1v) is 6.61. The zero-order valence-electron chi connectivity index (χ0n) is 11.9. The number of methoxy groups -OCH3 is 1. The van der Waals surface area contributed by atoms with E-state index in [9.17, 15) is 14.7 Å². The van der Waals surface area contributed by atoms with Crippen molar-refractivity contribution in [2.24, 2.45) is 0 Å². The molecule has 21 heavy (non-hydrogen) atoms. The topological polar surface area (TPSA) is 96.9 Å². The maximum Gasteiger partial charge on any atom is 0.337 e. The zero-order chi connectivity index (χ0) is 15.4. The first kappa shape index (κ1) is 15.1. The first-order valence-electron chi connectivity index (χ1n) is 6.61. The van der Waals surface area contributed by atoms with Crippen LogP contribution in [0.5, 0.6) is 5.75 Å². The Morgan fingerprint density at radius 2 is 2.19 bits per heavy atom. The highest BCUT2D eigenvalue weighted by Crippen LogP contribution is 2.22. The quantitative estimate of drug-likeness (QED) is 0.785. The molecule has 114 valence electrons. The van der Waals surface area contributed by atoms with Crippen molar-refractivity contribution in [2.75, 3.05) is 19.0 Å². The zero-order valence-corrected chi connectivity index (χ0v) is 11.9. The minimum absolute atomic E-state index is 0.0276. The Morgan fingerprint density at radius 3 is 2.76 bits per heavy atom. The van der Waals surface area contributed by atoms with Crippen molar-refractivity contribution < 1.29 is 24.2 Å². The van der Waals surface area contributed by atoms with Crippen LogP contribution in [0.3, 0.4) is 0 Å². The number of anilines is 1. The molecule has 0 aliphatic carbocycles. The van der Waals surface area contributed by atoms with Gasteiger partial charge in [-0.2, -0.15) is 0 Å². The Morgan fingerprint density at radius 1 is 1.43 bits per heavy atom. The van der Waals surface area contributed by atoms with Crippen molar-refractivity contribution in [3.63, 3.8) is 0 Å². The lowest BCUT2D eigenvalue weighted by Gasteiger charge is -2.17. The standard InChI is InChI=1S/C14H18N2O5/c1-8-11(5-6-21-8)15-14(19)16-12-4-3-9(20-2)7-10(12)13(17)18/h3-4,7-8,11H,5-6H2,1-2H3,(H,17,18)(H2,15,16,19). The second kappa shape index (κ2) is 6.45. The van der Waals surface area contributed by atoms with Crippen LogP contribution in [-0.4, -0.2) is 43.0 Å². The van der Waals surface area contributed by atoms with E-state index in [1.165, 1.54) is 19.2 Å². The average Bonchev–Trinajstić information content (AvgIpc) is 2.84. The average molecular weight is 294 g/mol. The predicted molar refractivity (Wildman–Crippen MR) is 75.9 cm³/mol. The van der Waals surface area contributed by atoms with Crippen molar-refractivity contribution in [2.45, 2.75) is 25.5 Å². The van der Waals surface area contributed by atoms with Crippen LogP contribution in [0.1, 0.15) is 23.7 Å². The number of carboxylic acids is 1. The van der Waals surface area contributed by atoms with E-state index >= 15 is 0 Å². The van der Waals surface area contributed by atoms with Crippen LogP contribution < -0.4 is 15.4 Å². The molecule has 3 N–H and O–H groups in total. The molecule has 1 heterocycles. The van der Waals surface area contributed by atoms with Gasteiger partial charge in [-0.1, -0.05) is 0 Å². The van der Waals surface area contributed by atoms with E-state index in [0.717, 1.165) is 6.42 Å². The van der Waals surface area contributed by atoms with Crippen LogP contribution in [-0.2, 0) is 4.74 Å². The van der Waals surface area contributed by atoms with Crippen molar-refractivity contribution in [1.29, 1.82) is 0 Å². The minimum Gasteiger partial charge on any atom is -0.497 e. The molecule has 1 aliphatic heterocycles. The molecule has 2 amide bonds. The van der Waals surface area contributed by atoms with Gasteiger partial charge >= 0.3 is 12.0 Å². The van der Waals surface area contributed by atoms with E-state index in [2.05, 4.69) is 10.6 Å². The lowest BCUT2D eigenvalue weighted by Crippen LogP contribution is -2.41. The highest BCUT2D eigenvalue weighted by atomic mass is 16.5. The second-order valence-corrected chi connectivity index (χ2v) is 4.79. The number of ether oxygens (including phenoxy) is 2. The molecule has 7 nitrogen and oxygen atoms in total. The number of carbonyl (C=O) groups is 2. The number of aromatic carboxylic acids is 1. The Hall–Kier alpha value is -2.28. The van der Waals surface area contributed by atoms with Crippen LogP contribution in [0.15, 0.2) is 18.2 Å². The molecular weight excluding hydrogens is 276 g/mol. The summed E-state index contributed by atoms with van der Waals surface area (Å²) in [4.78, 5) is 23.2. The Kier molecular flexibility index (Phi) is 4.64. The molecule has 2 rings (SSSR count). The Bertz CT molecular complexity index is 546. The monoisotopic (exact) mass is 294 g/mol. The van der Waals surface area contributed by atoms with Gasteiger partial charge in [0.1, 0.15) is 5.75 Å². The van der Waals surface area contributed by atoms with E-state index < -0.39 is 12.0 Å². The summed E-state index contributed by atoms with van der Waals surface area (Å²) < 4.78 is 10.3. The van der Waals surface area contributed by atoms with Gasteiger partial charge in [-0.3, -0.25) is 0 Å². The van der Waals surface area contributed by atoms with E-state index in [1.807, 2.05) is 6.92 Å². The van der Waals surface area contributed by atoms with Gasteiger partial charge in [0.2, 0.25) is 0 Å². The fourth-order valence-corrected chi connectivity index (χ4v) is 2.18. The SMILES string of the molecule is COc1ccc(NC(=O)NC2CCOC2C)c(C(=O)O)c1. The smallest absolute Gasteiger partial charge is 0.337 e. The fourth-order valence-electron chi connectivity index (χ4n) is 2.18. The number of rotatable bonds is 4. The van der Waals surface area contributed by atoms with Gasteiger partial charge in [0.25, 0.3) is 0 Å². The van der Waals surface area contributed by atoms with Crippen LogP contribution in [0.2, 0.25) is 0 Å². The van der Waals surface area contributed by atoms with Gasteiger partial charge in [-0.15, -0.1) is 0 Å². The number of carboxylic acid groups (broad SMARTS) is 1. The van der Waals surface area contributed by atoms with Gasteiger partial charge in [-0.05, 0) is 31.5 Å². The molecule has 1 fully saturated rings. The molecule has 0 spiro atoms. The van der Waals surface area contributed by atoms with Crippen molar-refractivity contribution in [3.05, 3.63) is 23.8 Å². The molecule has 2 atom stereocenters. The van der Waals surface area contributed by atoms with E-state index in [1.54, 1.807) is 6.07 Å². The molecule has 0 aromatic heterocycles. The van der Waals surface area contributed by atoms with Crippen LogP contribution >= 0.6 is 0 Å². The summed E-state index contributed by atoms with van der Waals surface area (Å²) in [6.45, 7) is 2.49. The lowest BCUT2D eigenvalue weighted by atomic mass is 10.1. The summed E-state index contributed by atoms with van der Waals surface area (Å²) in [5.41, 5.74) is 0.188. The number of nitrogens with one attached hydrogen (secondary N) is 2. The Labute approximate surface area is 122 Å². The highest BCUT2D eigenvalue weighted by Gasteiger charge is 2.26. The van der Waals surface area contributed by atoms with Crippen molar-refractivity contribution in [3.8, 4) is 5.75 Å². The summed E-state index contributed by atoms with van der Waals surface area (Å²) in [5, 5.41) is 14.5. The number of amides is 2. The molecular formula is C14H18N2O5. The third kappa shape index (κ3) is 3.63. The molecule has 7 heteroatoms. The summed E-state index contributed by atoms with van der Waals surface area (Å²) >= 11 is 0. The Balaban J connectivity index is 2.07. The molecule has 0 saturated carbocycles. The van der Waals surface area contributed by atoms with E-state index in [0.29, 0.717) is 12.4 Å². The minimum atomic E-state index is -1.14. The first-order chi connectivity index (χ1) is 10.0. The summed E-state index contributed by atoms with van der Waals surface area (Å²) in [7, 11) is 1.45. The normalized spacial score (nSPS) is 20.9. The van der Waals surface area contributed by atoms with E-state index in [4.69, 9.17) is 9.47 Å². The summed E-state index contributed by atoms with van der Waals surface area (Å²) in [5.74, 6) is -0.724. The summed E-state index contributed by atoms with van der Waals surface area (Å²) in [6.07, 6.45) is 0.689. The van der Waals surface area contributed by atoms with Crippen LogP contribution in [0, 0.1) is 0 Å². The van der Waals surface area contributed by atoms with E-state index in [-0.39, 0.29) is 23.4 Å². The molecule has 0 bridgehead atoms. The predicted octanol–water partition coefficient (Wildman–Crippen LogP) is 1.69. The number of benzene rings is 1. The third-order valence-corrected chi connectivity index (χ3v) is 3.40. The van der Waals surface area contributed by atoms with Gasteiger partial charge in [0.05, 0.1) is 30.5 Å². The number of urea groups is 1. The molecule has 1 aliphatic rings. The molecule has 0 radical (unpaired) electrons. The van der Waals surface area contributed by atoms with Crippen LogP contribution in [0.25, 0.3) is 0 Å². The third-order valence-electron chi connectivity index (χ3n) is 3.40. The van der Waals surface area contributed by atoms with Crippen molar-refractivity contribution >= 4 is 17.7 Å². The number of hydrogen-bond acceptors (Lipinski definition) is 4. The molecule has 1 aromatic rings. The van der Waals surface area contributed by atoms with Gasteiger partial charge in [0, 0.05) is 6.61 Å². The maximum absolute atomic E-state index is 11.9. The summed E-state index contributed by atoms with van der Waals surface area (Å²) in [6, 6.07) is 3.92. The highest BCUT2D eigenvalue weighted by molar-refractivity contribution is 6.00. The second-order valence-electron chi connectivity index (χ2n) is 4.79.